The number of carbonyl (C=O) groups is 2. The Hall–Kier alpha value is -2.59. The Labute approximate surface area is 178 Å². The lowest BCUT2D eigenvalue weighted by Crippen LogP contribution is -2.53. The van der Waals surface area contributed by atoms with Crippen LogP contribution in [0.4, 0.5) is 13.9 Å². The van der Waals surface area contributed by atoms with Crippen LogP contribution >= 0.6 is 11.3 Å². The molecule has 0 fully saturated rings. The van der Waals surface area contributed by atoms with Gasteiger partial charge in [-0.3, -0.25) is 14.5 Å². The van der Waals surface area contributed by atoms with E-state index in [1.165, 1.54) is 17.4 Å². The molecule has 4 N–H and O–H groups in total. The number of thiazole rings is 1. The third-order valence-electron chi connectivity index (χ3n) is 4.80. The zero-order valence-corrected chi connectivity index (χ0v) is 18.1. The average Bonchev–Trinajstić information content (AvgIpc) is 3.14. The molecule has 1 aromatic heterocycles. The summed E-state index contributed by atoms with van der Waals surface area (Å²) in [4.78, 5) is 32.1. The predicted molar refractivity (Wildman–Crippen MR) is 113 cm³/mol. The van der Waals surface area contributed by atoms with Crippen LogP contribution in [0, 0.1) is 11.6 Å². The van der Waals surface area contributed by atoms with Crippen molar-refractivity contribution in [3.63, 3.8) is 0 Å². The lowest BCUT2D eigenvalue weighted by molar-refractivity contribution is -0.131. The number of nitrogen functional groups attached to an aromatic ring is 1. The van der Waals surface area contributed by atoms with E-state index in [9.17, 15) is 18.4 Å². The first-order chi connectivity index (χ1) is 14.2. The molecule has 2 aromatic rings. The number of carbonyl (C=O) groups excluding carboxylic acids is 2. The maximum atomic E-state index is 13.6. The molecular weight excluding hydrogens is 412 g/mol. The van der Waals surface area contributed by atoms with E-state index in [1.807, 2.05) is 18.7 Å². The number of nitrogens with zero attached hydrogens (tertiary/aromatic N) is 2. The van der Waals surface area contributed by atoms with E-state index in [-0.39, 0.29) is 18.9 Å². The summed E-state index contributed by atoms with van der Waals surface area (Å²) in [5.41, 5.74) is 5.99. The first-order valence-electron chi connectivity index (χ1n) is 9.71. The second-order valence-electron chi connectivity index (χ2n) is 6.79. The van der Waals surface area contributed by atoms with Gasteiger partial charge in [-0.2, -0.15) is 0 Å². The highest BCUT2D eigenvalue weighted by Gasteiger charge is 2.26. The summed E-state index contributed by atoms with van der Waals surface area (Å²) in [6, 6.07) is 2.02. The van der Waals surface area contributed by atoms with Crippen LogP contribution in [-0.2, 0) is 22.6 Å². The highest BCUT2D eigenvalue weighted by molar-refractivity contribution is 7.15. The largest absolute Gasteiger partial charge is 0.375 e. The highest BCUT2D eigenvalue weighted by atomic mass is 32.1. The van der Waals surface area contributed by atoms with Gasteiger partial charge in [-0.25, -0.2) is 13.8 Å². The SMILES string of the molecule is CCN(CC)[C@@H](C)C(=O)N[C@@H](Cc1ccc(F)c(F)c1)C(=O)NCc1cnc(N)s1. The maximum Gasteiger partial charge on any atom is 0.243 e. The third-order valence-corrected chi connectivity index (χ3v) is 5.63. The minimum Gasteiger partial charge on any atom is -0.375 e. The molecule has 1 aromatic carbocycles. The minimum absolute atomic E-state index is 0.0184. The molecule has 0 saturated heterocycles. The van der Waals surface area contributed by atoms with E-state index in [2.05, 4.69) is 15.6 Å². The number of nitrogens with two attached hydrogens (primary N) is 1. The van der Waals surface area contributed by atoms with Crippen molar-refractivity contribution >= 4 is 28.3 Å². The fourth-order valence-electron chi connectivity index (χ4n) is 3.04. The molecule has 10 heteroatoms. The van der Waals surface area contributed by atoms with E-state index in [1.54, 1.807) is 13.1 Å². The van der Waals surface area contributed by atoms with Gasteiger partial charge < -0.3 is 16.4 Å². The normalized spacial score (nSPS) is 13.1. The van der Waals surface area contributed by atoms with Crippen LogP contribution in [0.15, 0.2) is 24.4 Å². The van der Waals surface area contributed by atoms with E-state index in [0.717, 1.165) is 17.0 Å². The number of amides is 2. The Balaban J connectivity index is 2.14. The Morgan fingerprint density at radius 3 is 2.47 bits per heavy atom. The van der Waals surface area contributed by atoms with Gasteiger partial charge in [0.2, 0.25) is 11.8 Å². The lowest BCUT2D eigenvalue weighted by Gasteiger charge is -2.27. The van der Waals surface area contributed by atoms with Crippen LogP contribution in [-0.4, -0.2) is 46.9 Å². The van der Waals surface area contributed by atoms with Gasteiger partial charge in [0.25, 0.3) is 0 Å². The standard InChI is InChI=1S/C20H27F2N5O2S/c1-4-27(5-2)12(3)18(28)26-17(9-13-6-7-15(21)16(22)8-13)19(29)24-10-14-11-25-20(23)30-14/h6-8,11-12,17H,4-5,9-10H2,1-3H3,(H2,23,25)(H,24,29)(H,26,28)/t12-,17-/m0/s1. The van der Waals surface area contributed by atoms with Crippen LogP contribution in [0.3, 0.4) is 0 Å². The molecule has 0 aliphatic carbocycles. The molecule has 7 nitrogen and oxygen atoms in total. The fourth-order valence-corrected chi connectivity index (χ4v) is 3.67. The molecule has 0 aliphatic heterocycles. The zero-order chi connectivity index (χ0) is 22.3. The van der Waals surface area contributed by atoms with Crippen molar-refractivity contribution in [1.29, 1.82) is 0 Å². The van der Waals surface area contributed by atoms with E-state index < -0.39 is 29.6 Å². The minimum atomic E-state index is -1.00. The van der Waals surface area contributed by atoms with Crippen LogP contribution in [0.25, 0.3) is 0 Å². The molecular formula is C20H27F2N5O2S. The second kappa shape index (κ2) is 11.0. The number of hydrogen-bond donors (Lipinski definition) is 3. The Kier molecular flexibility index (Phi) is 8.67. The molecule has 0 aliphatic rings. The van der Waals surface area contributed by atoms with Gasteiger partial charge in [-0.05, 0) is 37.7 Å². The number of anilines is 1. The Morgan fingerprint density at radius 1 is 1.20 bits per heavy atom. The monoisotopic (exact) mass is 439 g/mol. The summed E-state index contributed by atoms with van der Waals surface area (Å²) in [6.07, 6.45) is 1.58. The summed E-state index contributed by atoms with van der Waals surface area (Å²) >= 11 is 1.24. The number of halogens is 2. The van der Waals surface area contributed by atoms with Crippen LogP contribution in [0.5, 0.6) is 0 Å². The van der Waals surface area contributed by atoms with Crippen molar-refractivity contribution in [2.45, 2.75) is 45.8 Å². The highest BCUT2D eigenvalue weighted by Crippen LogP contribution is 2.14. The van der Waals surface area contributed by atoms with Gasteiger partial charge in [0.15, 0.2) is 16.8 Å². The molecule has 0 bridgehead atoms. The van der Waals surface area contributed by atoms with Gasteiger partial charge in [-0.15, -0.1) is 11.3 Å². The Morgan fingerprint density at radius 2 is 1.90 bits per heavy atom. The molecule has 0 spiro atoms. The average molecular weight is 440 g/mol. The van der Waals surface area contributed by atoms with Crippen LogP contribution in [0.2, 0.25) is 0 Å². The van der Waals surface area contributed by atoms with Crippen molar-refractivity contribution in [3.8, 4) is 0 Å². The first kappa shape index (κ1) is 23.7. The molecule has 2 amide bonds. The van der Waals surface area contributed by atoms with Gasteiger partial charge in [0.05, 0.1) is 12.6 Å². The molecule has 2 atom stereocenters. The molecule has 0 unspecified atom stereocenters. The van der Waals surface area contributed by atoms with E-state index in [0.29, 0.717) is 23.8 Å². The Bertz CT molecular complexity index is 873. The lowest BCUT2D eigenvalue weighted by atomic mass is 10.0. The van der Waals surface area contributed by atoms with Gasteiger partial charge in [-0.1, -0.05) is 19.9 Å². The summed E-state index contributed by atoms with van der Waals surface area (Å²) in [5.74, 6) is -2.73. The summed E-state index contributed by atoms with van der Waals surface area (Å²) in [5, 5.41) is 5.87. The first-order valence-corrected chi connectivity index (χ1v) is 10.5. The molecule has 0 saturated carbocycles. The van der Waals surface area contributed by atoms with Crippen molar-refractivity contribution in [2.24, 2.45) is 0 Å². The van der Waals surface area contributed by atoms with Crippen molar-refractivity contribution in [1.82, 2.24) is 20.5 Å². The maximum absolute atomic E-state index is 13.6. The number of aromatic nitrogens is 1. The van der Waals surface area contributed by atoms with Gasteiger partial charge in [0.1, 0.15) is 6.04 Å². The smallest absolute Gasteiger partial charge is 0.243 e. The van der Waals surface area contributed by atoms with E-state index in [4.69, 9.17) is 5.73 Å². The number of rotatable bonds is 10. The van der Waals surface area contributed by atoms with Gasteiger partial charge in [0, 0.05) is 17.5 Å². The number of hydrogen-bond acceptors (Lipinski definition) is 6. The molecule has 2 rings (SSSR count). The van der Waals surface area contributed by atoms with Crippen molar-refractivity contribution < 1.29 is 18.4 Å². The van der Waals surface area contributed by atoms with Gasteiger partial charge >= 0.3 is 0 Å². The van der Waals surface area contributed by atoms with Crippen LogP contribution in [0.1, 0.15) is 31.2 Å². The number of likely N-dealkylation sites (N-methyl/N-ethyl adjacent to an activating group) is 1. The zero-order valence-electron chi connectivity index (χ0n) is 17.2. The summed E-state index contributed by atoms with van der Waals surface area (Å²) in [6.45, 7) is 7.20. The quantitative estimate of drug-likeness (QED) is 0.526. The molecule has 1 heterocycles. The van der Waals surface area contributed by atoms with E-state index >= 15 is 0 Å². The van der Waals surface area contributed by atoms with Crippen molar-refractivity contribution in [2.75, 3.05) is 18.8 Å². The third kappa shape index (κ3) is 6.46. The topological polar surface area (TPSA) is 100 Å². The molecule has 164 valence electrons. The number of benzene rings is 1. The summed E-state index contributed by atoms with van der Waals surface area (Å²) in [7, 11) is 0. The fraction of sp³-hybridized carbons (Fsp3) is 0.450. The molecule has 0 radical (unpaired) electrons. The van der Waals surface area contributed by atoms with Crippen molar-refractivity contribution in [3.05, 3.63) is 46.5 Å². The molecule has 30 heavy (non-hydrogen) atoms. The second-order valence-corrected chi connectivity index (χ2v) is 7.94. The van der Waals surface area contributed by atoms with Crippen LogP contribution < -0.4 is 16.4 Å². The predicted octanol–water partition coefficient (Wildman–Crippen LogP) is 2.08. The number of nitrogens with one attached hydrogen (secondary N) is 2. The summed E-state index contributed by atoms with van der Waals surface area (Å²) < 4.78 is 26.8.